The Morgan fingerprint density at radius 1 is 1.17 bits per heavy atom. The maximum Gasteiger partial charge on any atom is 0.416 e. The van der Waals surface area contributed by atoms with Gasteiger partial charge in [0.15, 0.2) is 0 Å². The number of urea groups is 1. The van der Waals surface area contributed by atoms with Gasteiger partial charge in [-0.05, 0) is 45.4 Å². The number of hydrogen-bond donors (Lipinski definition) is 3. The maximum absolute atomic E-state index is 12.7. The van der Waals surface area contributed by atoms with Crippen molar-refractivity contribution in [1.29, 1.82) is 0 Å². The van der Waals surface area contributed by atoms with Crippen LogP contribution >= 0.6 is 0 Å². The minimum Gasteiger partial charge on any atom is -0.333 e. The second-order valence-corrected chi connectivity index (χ2v) is 6.48. The first-order valence-corrected chi connectivity index (χ1v) is 7.41. The van der Waals surface area contributed by atoms with Crippen molar-refractivity contribution in [3.8, 4) is 0 Å². The Hall–Kier alpha value is -2.09. The van der Waals surface area contributed by atoms with Crippen molar-refractivity contribution >= 4 is 11.9 Å². The minimum atomic E-state index is -4.42. The van der Waals surface area contributed by atoms with Crippen molar-refractivity contribution in [2.24, 2.45) is 0 Å². The second kappa shape index (κ2) is 7.65. The highest BCUT2D eigenvalue weighted by molar-refractivity contribution is 5.95. The summed E-state index contributed by atoms with van der Waals surface area (Å²) in [6, 6.07) is 3.76. The van der Waals surface area contributed by atoms with Crippen LogP contribution in [0.1, 0.15) is 44.9 Å². The van der Waals surface area contributed by atoms with Gasteiger partial charge in [0.1, 0.15) is 0 Å². The van der Waals surface area contributed by atoms with Crippen LogP contribution in [0.15, 0.2) is 24.3 Å². The van der Waals surface area contributed by atoms with Crippen molar-refractivity contribution in [2.75, 3.05) is 6.54 Å². The molecule has 8 heteroatoms. The molecular formula is C16H22F3N3O2. The van der Waals surface area contributed by atoms with Crippen molar-refractivity contribution in [3.05, 3.63) is 35.4 Å². The topological polar surface area (TPSA) is 70.2 Å². The van der Waals surface area contributed by atoms with Crippen LogP contribution in [0.4, 0.5) is 18.0 Å². The van der Waals surface area contributed by atoms with E-state index in [2.05, 4.69) is 16.0 Å². The van der Waals surface area contributed by atoms with E-state index in [-0.39, 0.29) is 6.54 Å². The van der Waals surface area contributed by atoms with Gasteiger partial charge in [0, 0.05) is 11.6 Å². The summed E-state index contributed by atoms with van der Waals surface area (Å²) in [6.07, 6.45) is -4.42. The lowest BCUT2D eigenvalue weighted by Gasteiger charge is -2.20. The second-order valence-electron chi connectivity index (χ2n) is 6.48. The predicted octanol–water partition coefficient (Wildman–Crippen LogP) is 2.98. The van der Waals surface area contributed by atoms with E-state index in [1.807, 2.05) is 0 Å². The zero-order valence-electron chi connectivity index (χ0n) is 14.0. The van der Waals surface area contributed by atoms with Crippen molar-refractivity contribution in [3.63, 3.8) is 0 Å². The molecule has 0 bridgehead atoms. The van der Waals surface area contributed by atoms with E-state index in [1.165, 1.54) is 12.1 Å². The third kappa shape index (κ3) is 6.99. The number of rotatable bonds is 4. The SMILES string of the molecule is C[C@@H](NCC(=O)NC(=O)NC(C)(C)C)c1cccc(C(F)(F)F)c1. The Morgan fingerprint density at radius 3 is 2.33 bits per heavy atom. The molecule has 0 fully saturated rings. The summed E-state index contributed by atoms with van der Waals surface area (Å²) in [5.74, 6) is -0.574. The molecule has 0 aliphatic heterocycles. The van der Waals surface area contributed by atoms with Crippen molar-refractivity contribution in [2.45, 2.75) is 45.5 Å². The van der Waals surface area contributed by atoms with Crippen LogP contribution in [0, 0.1) is 0 Å². The van der Waals surface area contributed by atoms with E-state index in [9.17, 15) is 22.8 Å². The standard InChI is InChI=1S/C16H22F3N3O2/c1-10(11-6-5-7-12(8-11)16(17,18)19)20-9-13(23)21-14(24)22-15(2,3)4/h5-8,10,20H,9H2,1-4H3,(H2,21,22,23,24)/t10-/m1/s1. The molecule has 1 aromatic rings. The molecule has 0 aliphatic carbocycles. The first kappa shape index (κ1) is 20.0. The largest absolute Gasteiger partial charge is 0.416 e. The van der Waals surface area contributed by atoms with Gasteiger partial charge in [0.2, 0.25) is 5.91 Å². The highest BCUT2D eigenvalue weighted by atomic mass is 19.4. The normalized spacial score (nSPS) is 13.3. The van der Waals surface area contributed by atoms with Crippen molar-refractivity contribution < 1.29 is 22.8 Å². The fraction of sp³-hybridized carbons (Fsp3) is 0.500. The van der Waals surface area contributed by atoms with Crippen LogP contribution in [0.2, 0.25) is 0 Å². The molecule has 3 N–H and O–H groups in total. The molecule has 3 amide bonds. The van der Waals surface area contributed by atoms with Crippen LogP contribution in [0.5, 0.6) is 0 Å². The van der Waals surface area contributed by atoms with E-state index >= 15 is 0 Å². The van der Waals surface area contributed by atoms with Gasteiger partial charge in [0.25, 0.3) is 0 Å². The number of alkyl halides is 3. The summed E-state index contributed by atoms with van der Waals surface area (Å²) in [6.45, 7) is 6.74. The lowest BCUT2D eigenvalue weighted by atomic mass is 10.0. The van der Waals surface area contributed by atoms with E-state index in [4.69, 9.17) is 0 Å². The Labute approximate surface area is 139 Å². The van der Waals surface area contributed by atoms with E-state index < -0.39 is 35.3 Å². The molecular weight excluding hydrogens is 323 g/mol. The number of benzene rings is 1. The van der Waals surface area contributed by atoms with Gasteiger partial charge in [-0.25, -0.2) is 4.79 Å². The smallest absolute Gasteiger partial charge is 0.333 e. The summed E-state index contributed by atoms with van der Waals surface area (Å²) >= 11 is 0. The number of carbonyl (C=O) groups excluding carboxylic acids is 2. The van der Waals surface area contributed by atoms with Crippen LogP contribution in [0.25, 0.3) is 0 Å². The Kier molecular flexibility index (Phi) is 6.36. The molecule has 1 atom stereocenters. The average molecular weight is 345 g/mol. The number of nitrogens with one attached hydrogen (secondary N) is 3. The molecule has 24 heavy (non-hydrogen) atoms. The first-order chi connectivity index (χ1) is 10.9. The van der Waals surface area contributed by atoms with E-state index in [1.54, 1.807) is 27.7 Å². The minimum absolute atomic E-state index is 0.199. The Balaban J connectivity index is 2.56. The van der Waals surface area contributed by atoms with E-state index in [0.717, 1.165) is 12.1 Å². The van der Waals surface area contributed by atoms with Gasteiger partial charge in [-0.3, -0.25) is 10.1 Å². The molecule has 1 aromatic carbocycles. The first-order valence-electron chi connectivity index (χ1n) is 7.41. The van der Waals surface area contributed by atoms with Gasteiger partial charge >= 0.3 is 12.2 Å². The predicted molar refractivity (Wildman–Crippen MR) is 84.3 cm³/mol. The summed E-state index contributed by atoms with van der Waals surface area (Å²) < 4.78 is 38.1. The number of hydrogen-bond acceptors (Lipinski definition) is 3. The van der Waals surface area contributed by atoms with Gasteiger partial charge in [-0.15, -0.1) is 0 Å². The number of halogens is 3. The third-order valence-electron chi connectivity index (χ3n) is 3.02. The fourth-order valence-corrected chi connectivity index (χ4v) is 1.89. The molecule has 1 rings (SSSR count). The molecule has 0 unspecified atom stereocenters. The molecule has 0 aliphatic rings. The third-order valence-corrected chi connectivity index (χ3v) is 3.02. The van der Waals surface area contributed by atoms with Crippen LogP contribution in [-0.2, 0) is 11.0 Å². The van der Waals surface area contributed by atoms with Crippen LogP contribution in [-0.4, -0.2) is 24.0 Å². The highest BCUT2D eigenvalue weighted by Crippen LogP contribution is 2.30. The molecule has 134 valence electrons. The summed E-state index contributed by atoms with van der Waals surface area (Å²) in [4.78, 5) is 23.2. The quantitative estimate of drug-likeness (QED) is 0.786. The van der Waals surface area contributed by atoms with Gasteiger partial charge in [0.05, 0.1) is 12.1 Å². The molecule has 0 heterocycles. The van der Waals surface area contributed by atoms with Gasteiger partial charge < -0.3 is 10.6 Å². The summed E-state index contributed by atoms with van der Waals surface area (Å²) in [5, 5.41) is 7.50. The molecule has 0 saturated heterocycles. The molecule has 5 nitrogen and oxygen atoms in total. The number of imide groups is 1. The van der Waals surface area contributed by atoms with Crippen LogP contribution < -0.4 is 16.0 Å². The highest BCUT2D eigenvalue weighted by Gasteiger charge is 2.30. The Morgan fingerprint density at radius 2 is 1.79 bits per heavy atom. The zero-order chi connectivity index (χ0) is 18.5. The summed E-state index contributed by atoms with van der Waals surface area (Å²) in [7, 11) is 0. The molecule has 0 spiro atoms. The van der Waals surface area contributed by atoms with E-state index in [0.29, 0.717) is 5.56 Å². The lowest BCUT2D eigenvalue weighted by molar-refractivity contribution is -0.137. The lowest BCUT2D eigenvalue weighted by Crippen LogP contribution is -2.50. The monoisotopic (exact) mass is 345 g/mol. The van der Waals surface area contributed by atoms with Gasteiger partial charge in [-0.2, -0.15) is 13.2 Å². The van der Waals surface area contributed by atoms with Gasteiger partial charge in [-0.1, -0.05) is 12.1 Å². The molecule has 0 aromatic heterocycles. The molecule has 0 radical (unpaired) electrons. The Bertz CT molecular complexity index is 595. The fourth-order valence-electron chi connectivity index (χ4n) is 1.89. The zero-order valence-corrected chi connectivity index (χ0v) is 14.0. The average Bonchev–Trinajstić information content (AvgIpc) is 2.41. The number of amides is 3. The summed E-state index contributed by atoms with van der Waals surface area (Å²) in [5.41, 5.74) is -0.831. The maximum atomic E-state index is 12.7. The molecule has 0 saturated carbocycles. The van der Waals surface area contributed by atoms with Crippen LogP contribution in [0.3, 0.4) is 0 Å². The number of carbonyl (C=O) groups is 2. The van der Waals surface area contributed by atoms with Crippen molar-refractivity contribution in [1.82, 2.24) is 16.0 Å².